The van der Waals surface area contributed by atoms with Gasteiger partial charge in [0, 0.05) is 31.5 Å². The van der Waals surface area contributed by atoms with Gasteiger partial charge in [-0.1, -0.05) is 6.07 Å². The van der Waals surface area contributed by atoms with Crippen LogP contribution in [-0.2, 0) is 4.74 Å². The van der Waals surface area contributed by atoms with Gasteiger partial charge in [-0.2, -0.15) is 0 Å². The molecule has 1 aliphatic carbocycles. The Morgan fingerprint density at radius 3 is 2.83 bits per heavy atom. The number of halogens is 3. The zero-order chi connectivity index (χ0) is 17.2. The van der Waals surface area contributed by atoms with Gasteiger partial charge in [0.1, 0.15) is 5.75 Å². The Morgan fingerprint density at radius 1 is 1.38 bits per heavy atom. The summed E-state index contributed by atoms with van der Waals surface area (Å²) in [6.45, 7) is 2.23. The third kappa shape index (κ3) is 4.31. The van der Waals surface area contributed by atoms with Gasteiger partial charge < -0.3 is 20.5 Å². The van der Waals surface area contributed by atoms with Crippen molar-refractivity contribution in [3.05, 3.63) is 24.3 Å². The summed E-state index contributed by atoms with van der Waals surface area (Å²) in [5, 5.41) is 2.80. The van der Waals surface area contributed by atoms with Crippen LogP contribution in [0.3, 0.4) is 0 Å². The molecular formula is C16H20F3N3O2. The van der Waals surface area contributed by atoms with Crippen molar-refractivity contribution in [3.8, 4) is 5.75 Å². The van der Waals surface area contributed by atoms with Crippen LogP contribution in [-0.4, -0.2) is 32.1 Å². The fourth-order valence-electron chi connectivity index (χ4n) is 3.25. The number of anilines is 1. The zero-order valence-electron chi connectivity index (χ0n) is 13.1. The molecule has 0 aromatic heterocycles. The maximum atomic E-state index is 12.2. The minimum Gasteiger partial charge on any atom is -0.406 e. The van der Waals surface area contributed by atoms with Crippen LogP contribution in [0.1, 0.15) is 19.3 Å². The quantitative estimate of drug-likeness (QED) is 0.651. The number of rotatable bonds is 4. The van der Waals surface area contributed by atoms with E-state index in [-0.39, 0.29) is 11.7 Å². The molecule has 2 fully saturated rings. The lowest BCUT2D eigenvalue weighted by atomic mass is 9.94. The van der Waals surface area contributed by atoms with E-state index < -0.39 is 6.36 Å². The van der Waals surface area contributed by atoms with E-state index in [1.165, 1.54) is 18.2 Å². The molecule has 1 unspecified atom stereocenters. The monoisotopic (exact) mass is 343 g/mol. The zero-order valence-corrected chi connectivity index (χ0v) is 13.1. The lowest BCUT2D eigenvalue weighted by Gasteiger charge is -2.22. The van der Waals surface area contributed by atoms with E-state index in [9.17, 15) is 13.2 Å². The molecule has 1 atom stereocenters. The number of guanidine groups is 1. The first-order chi connectivity index (χ1) is 11.4. The normalized spacial score (nSPS) is 23.1. The summed E-state index contributed by atoms with van der Waals surface area (Å²) in [5.74, 6) is 0.401. The average Bonchev–Trinajstić information content (AvgIpc) is 3.16. The lowest BCUT2D eigenvalue weighted by Crippen LogP contribution is -2.24. The van der Waals surface area contributed by atoms with E-state index >= 15 is 0 Å². The van der Waals surface area contributed by atoms with Crippen molar-refractivity contribution < 1.29 is 22.6 Å². The molecule has 24 heavy (non-hydrogen) atoms. The average molecular weight is 343 g/mol. The summed E-state index contributed by atoms with van der Waals surface area (Å²) in [7, 11) is 0. The highest BCUT2D eigenvalue weighted by Crippen LogP contribution is 2.59. The van der Waals surface area contributed by atoms with E-state index in [0.717, 1.165) is 32.5 Å². The van der Waals surface area contributed by atoms with E-state index in [1.54, 1.807) is 6.07 Å². The maximum Gasteiger partial charge on any atom is 0.573 e. The molecule has 3 rings (SSSR count). The molecule has 1 saturated heterocycles. The maximum absolute atomic E-state index is 12.2. The predicted octanol–water partition coefficient (Wildman–Crippen LogP) is 3.13. The van der Waals surface area contributed by atoms with Crippen molar-refractivity contribution in [2.75, 3.05) is 25.1 Å². The molecule has 1 aliphatic heterocycles. The Balaban J connectivity index is 1.53. The lowest BCUT2D eigenvalue weighted by molar-refractivity contribution is -0.274. The number of nitrogens with one attached hydrogen (secondary N) is 1. The molecule has 1 aromatic rings. The summed E-state index contributed by atoms with van der Waals surface area (Å²) < 4.78 is 45.9. The second kappa shape index (κ2) is 6.51. The molecule has 1 saturated carbocycles. The van der Waals surface area contributed by atoms with Crippen LogP contribution < -0.4 is 15.8 Å². The van der Waals surface area contributed by atoms with E-state index in [4.69, 9.17) is 10.5 Å². The molecule has 0 radical (unpaired) electrons. The van der Waals surface area contributed by atoms with Gasteiger partial charge in [-0.05, 0) is 42.7 Å². The molecule has 3 N–H and O–H groups in total. The van der Waals surface area contributed by atoms with Gasteiger partial charge in [-0.3, -0.25) is 4.99 Å². The van der Waals surface area contributed by atoms with Crippen LogP contribution in [0, 0.1) is 11.3 Å². The molecule has 1 aromatic carbocycles. The van der Waals surface area contributed by atoms with Gasteiger partial charge >= 0.3 is 6.36 Å². The predicted molar refractivity (Wildman–Crippen MR) is 83.8 cm³/mol. The highest BCUT2D eigenvalue weighted by molar-refractivity contribution is 5.92. The van der Waals surface area contributed by atoms with Gasteiger partial charge in [0.05, 0.1) is 0 Å². The number of nitrogens with two attached hydrogens (primary N) is 1. The second-order valence-corrected chi connectivity index (χ2v) is 6.30. The van der Waals surface area contributed by atoms with Crippen LogP contribution in [0.25, 0.3) is 0 Å². The number of alkyl halides is 3. The topological polar surface area (TPSA) is 68.9 Å². The Morgan fingerprint density at radius 2 is 2.12 bits per heavy atom. The highest BCUT2D eigenvalue weighted by Gasteiger charge is 2.53. The molecule has 8 heteroatoms. The first-order valence-corrected chi connectivity index (χ1v) is 7.87. The number of ether oxygens (including phenoxy) is 2. The Bertz CT molecular complexity index is 613. The third-order valence-electron chi connectivity index (χ3n) is 4.67. The first kappa shape index (κ1) is 16.9. The Kier molecular flexibility index (Phi) is 4.58. The summed E-state index contributed by atoms with van der Waals surface area (Å²) in [6.07, 6.45) is -1.45. The molecule has 0 bridgehead atoms. The highest BCUT2D eigenvalue weighted by atomic mass is 19.4. The van der Waals surface area contributed by atoms with Crippen molar-refractivity contribution >= 4 is 11.6 Å². The molecule has 0 amide bonds. The molecule has 132 valence electrons. The van der Waals surface area contributed by atoms with Crippen molar-refractivity contribution in [1.29, 1.82) is 0 Å². The van der Waals surface area contributed by atoms with Crippen LogP contribution in [0.5, 0.6) is 5.75 Å². The fraction of sp³-hybridized carbons (Fsp3) is 0.562. The summed E-state index contributed by atoms with van der Waals surface area (Å²) in [6, 6.07) is 5.51. The van der Waals surface area contributed by atoms with Crippen molar-refractivity contribution in [2.24, 2.45) is 22.1 Å². The van der Waals surface area contributed by atoms with Crippen molar-refractivity contribution in [1.82, 2.24) is 0 Å². The fourth-order valence-corrected chi connectivity index (χ4v) is 3.25. The summed E-state index contributed by atoms with van der Waals surface area (Å²) >= 11 is 0. The number of nitrogens with zero attached hydrogens (tertiary/aromatic N) is 1. The first-order valence-electron chi connectivity index (χ1n) is 7.87. The summed E-state index contributed by atoms with van der Waals surface area (Å²) in [5.41, 5.74) is 6.59. The van der Waals surface area contributed by atoms with Crippen molar-refractivity contribution in [3.63, 3.8) is 0 Å². The Labute approximate surface area is 138 Å². The smallest absolute Gasteiger partial charge is 0.406 e. The van der Waals surface area contributed by atoms with Crippen LogP contribution in [0.15, 0.2) is 29.3 Å². The molecule has 1 heterocycles. The van der Waals surface area contributed by atoms with Gasteiger partial charge in [-0.15, -0.1) is 13.2 Å². The number of hydrogen-bond donors (Lipinski definition) is 2. The minimum atomic E-state index is -4.72. The number of hydrogen-bond acceptors (Lipinski definition) is 3. The second-order valence-electron chi connectivity index (χ2n) is 6.30. The largest absolute Gasteiger partial charge is 0.573 e. The van der Waals surface area contributed by atoms with Crippen LogP contribution in [0.4, 0.5) is 18.9 Å². The van der Waals surface area contributed by atoms with Gasteiger partial charge in [-0.25, -0.2) is 0 Å². The molecular weight excluding hydrogens is 323 g/mol. The molecule has 1 spiro atoms. The van der Waals surface area contributed by atoms with E-state index in [0.29, 0.717) is 23.6 Å². The van der Waals surface area contributed by atoms with Gasteiger partial charge in [0.15, 0.2) is 5.96 Å². The standard InChI is InChI=1S/C16H20F3N3O2/c17-16(18,19)24-13-3-1-2-12(8-13)22-14(20)21-10-11-9-15(11)4-6-23-7-5-15/h1-3,8,11H,4-7,9-10H2,(H3,20,21,22). The van der Waals surface area contributed by atoms with E-state index in [1.807, 2.05) is 0 Å². The number of aliphatic imine (C=N–C) groups is 1. The van der Waals surface area contributed by atoms with Crippen LogP contribution >= 0.6 is 0 Å². The Hall–Kier alpha value is -1.96. The van der Waals surface area contributed by atoms with Gasteiger partial charge in [0.2, 0.25) is 0 Å². The van der Waals surface area contributed by atoms with Gasteiger partial charge in [0.25, 0.3) is 0 Å². The third-order valence-corrected chi connectivity index (χ3v) is 4.67. The molecule has 5 nitrogen and oxygen atoms in total. The van der Waals surface area contributed by atoms with E-state index in [2.05, 4.69) is 15.0 Å². The van der Waals surface area contributed by atoms with Crippen LogP contribution in [0.2, 0.25) is 0 Å². The molecule has 2 aliphatic rings. The minimum absolute atomic E-state index is 0.188. The summed E-state index contributed by atoms with van der Waals surface area (Å²) in [4.78, 5) is 4.31. The SMILES string of the molecule is NC(=NCC1CC12CCOCC2)Nc1cccc(OC(F)(F)F)c1. The van der Waals surface area contributed by atoms with Crippen molar-refractivity contribution in [2.45, 2.75) is 25.6 Å². The number of benzene rings is 1.